The standard InChI is InChI=1S/C9H14N6O/c1-11-9(15(2)3)16-14-8-7(13-10)5-4-6-12-8/h4-6,10H,1-3H3,(H,12,14)/b11-9+,13-10?. The fourth-order valence-electron chi connectivity index (χ4n) is 0.997. The topological polar surface area (TPSA) is 86.0 Å². The van der Waals surface area contributed by atoms with Gasteiger partial charge < -0.3 is 9.74 Å². The Morgan fingerprint density at radius 2 is 2.31 bits per heavy atom. The van der Waals surface area contributed by atoms with Gasteiger partial charge in [-0.1, -0.05) is 0 Å². The lowest BCUT2D eigenvalue weighted by Gasteiger charge is -2.15. The number of aliphatic imine (C=N–C) groups is 1. The van der Waals surface area contributed by atoms with Crippen LogP contribution < -0.4 is 5.48 Å². The van der Waals surface area contributed by atoms with E-state index in [1.54, 1.807) is 44.4 Å². The molecule has 16 heavy (non-hydrogen) atoms. The van der Waals surface area contributed by atoms with Crippen molar-refractivity contribution in [2.45, 2.75) is 0 Å². The molecule has 1 aromatic rings. The quantitative estimate of drug-likeness (QED) is 0.352. The number of aromatic nitrogens is 1. The summed E-state index contributed by atoms with van der Waals surface area (Å²) in [5.74, 6) is 0.375. The summed E-state index contributed by atoms with van der Waals surface area (Å²) in [5, 5.41) is 3.31. The van der Waals surface area contributed by atoms with E-state index in [0.717, 1.165) is 0 Å². The number of hydrogen-bond acceptors (Lipinski definition) is 6. The Kier molecular flexibility index (Phi) is 4.19. The average Bonchev–Trinajstić information content (AvgIpc) is 2.30. The molecule has 86 valence electrons. The van der Waals surface area contributed by atoms with Crippen molar-refractivity contribution in [2.75, 3.05) is 26.6 Å². The summed E-state index contributed by atoms with van der Waals surface area (Å²) in [6.07, 6.45) is 1.58. The number of pyridine rings is 1. The van der Waals surface area contributed by atoms with Crippen LogP contribution in [0.1, 0.15) is 0 Å². The van der Waals surface area contributed by atoms with Gasteiger partial charge in [0.1, 0.15) is 5.69 Å². The van der Waals surface area contributed by atoms with Crippen molar-refractivity contribution >= 4 is 17.5 Å². The van der Waals surface area contributed by atoms with Gasteiger partial charge in [-0.05, 0) is 12.1 Å². The predicted molar refractivity (Wildman–Crippen MR) is 60.8 cm³/mol. The van der Waals surface area contributed by atoms with E-state index >= 15 is 0 Å². The van der Waals surface area contributed by atoms with Crippen LogP contribution in [0.4, 0.5) is 11.5 Å². The monoisotopic (exact) mass is 222 g/mol. The number of nitrogens with one attached hydrogen (secondary N) is 2. The zero-order chi connectivity index (χ0) is 12.0. The lowest BCUT2D eigenvalue weighted by Crippen LogP contribution is -2.27. The fraction of sp³-hybridized carbons (Fsp3) is 0.333. The Bertz CT molecular complexity index is 389. The van der Waals surface area contributed by atoms with Crippen LogP contribution in [-0.4, -0.2) is 37.0 Å². The molecule has 1 heterocycles. The molecule has 1 rings (SSSR count). The Hall–Kier alpha value is -2.18. The molecule has 0 radical (unpaired) electrons. The van der Waals surface area contributed by atoms with E-state index in [1.807, 2.05) is 0 Å². The Morgan fingerprint density at radius 3 is 2.88 bits per heavy atom. The first-order valence-electron chi connectivity index (χ1n) is 4.58. The van der Waals surface area contributed by atoms with E-state index in [1.165, 1.54) is 0 Å². The lowest BCUT2D eigenvalue weighted by molar-refractivity contribution is 0.322. The maximum Gasteiger partial charge on any atom is 0.313 e. The second kappa shape index (κ2) is 5.64. The Morgan fingerprint density at radius 1 is 1.56 bits per heavy atom. The summed E-state index contributed by atoms with van der Waals surface area (Å²) in [4.78, 5) is 14.8. The predicted octanol–water partition coefficient (Wildman–Crippen LogP) is 1.63. The molecule has 0 aliphatic rings. The normalized spacial score (nSPS) is 10.8. The van der Waals surface area contributed by atoms with Crippen molar-refractivity contribution in [3.05, 3.63) is 18.3 Å². The second-order valence-electron chi connectivity index (χ2n) is 3.09. The highest BCUT2D eigenvalue weighted by Gasteiger charge is 2.05. The van der Waals surface area contributed by atoms with Gasteiger partial charge in [0.15, 0.2) is 5.82 Å². The highest BCUT2D eigenvalue weighted by Crippen LogP contribution is 2.20. The van der Waals surface area contributed by atoms with Crippen LogP contribution in [0.25, 0.3) is 0 Å². The van der Waals surface area contributed by atoms with E-state index in [4.69, 9.17) is 10.4 Å². The van der Waals surface area contributed by atoms with Crippen LogP contribution in [-0.2, 0) is 4.84 Å². The van der Waals surface area contributed by atoms with E-state index < -0.39 is 0 Å². The minimum Gasteiger partial charge on any atom is -0.341 e. The minimum absolute atomic E-state index is 0.375. The molecule has 0 aromatic carbocycles. The molecule has 0 atom stereocenters. The molecule has 0 amide bonds. The summed E-state index contributed by atoms with van der Waals surface area (Å²) in [6.45, 7) is 0. The second-order valence-corrected chi connectivity index (χ2v) is 3.09. The third-order valence-electron chi connectivity index (χ3n) is 1.72. The molecular formula is C9H14N6O. The molecule has 2 N–H and O–H groups in total. The molecule has 0 spiro atoms. The molecule has 1 aromatic heterocycles. The van der Waals surface area contributed by atoms with Gasteiger partial charge in [0.05, 0.1) is 0 Å². The van der Waals surface area contributed by atoms with Crippen molar-refractivity contribution in [3.8, 4) is 0 Å². The molecule has 0 saturated carbocycles. The number of hydrogen-bond donors (Lipinski definition) is 2. The summed E-state index contributed by atoms with van der Waals surface area (Å²) in [5.41, 5.74) is 9.95. The van der Waals surface area contributed by atoms with E-state index in [2.05, 4.69) is 20.6 Å². The summed E-state index contributed by atoms with van der Waals surface area (Å²) in [6, 6.07) is 3.75. The van der Waals surface area contributed by atoms with Crippen molar-refractivity contribution in [2.24, 2.45) is 10.1 Å². The largest absolute Gasteiger partial charge is 0.341 e. The van der Waals surface area contributed by atoms with Crippen molar-refractivity contribution in [1.82, 2.24) is 9.88 Å². The van der Waals surface area contributed by atoms with Crippen LogP contribution in [0, 0.1) is 5.53 Å². The van der Waals surface area contributed by atoms with Gasteiger partial charge in [-0.15, -0.1) is 0 Å². The molecule has 0 bridgehead atoms. The van der Waals surface area contributed by atoms with E-state index in [9.17, 15) is 0 Å². The van der Waals surface area contributed by atoms with E-state index in [0.29, 0.717) is 17.5 Å². The Labute approximate surface area is 93.6 Å². The zero-order valence-electron chi connectivity index (χ0n) is 9.43. The molecule has 0 aliphatic carbocycles. The highest BCUT2D eigenvalue weighted by molar-refractivity contribution is 5.74. The highest BCUT2D eigenvalue weighted by atomic mass is 16.7. The zero-order valence-corrected chi connectivity index (χ0v) is 9.43. The van der Waals surface area contributed by atoms with Crippen molar-refractivity contribution in [3.63, 3.8) is 0 Å². The van der Waals surface area contributed by atoms with Crippen LogP contribution in [0.15, 0.2) is 28.4 Å². The van der Waals surface area contributed by atoms with Gasteiger partial charge in [0.25, 0.3) is 0 Å². The van der Waals surface area contributed by atoms with Gasteiger partial charge in [0.2, 0.25) is 0 Å². The number of amidine groups is 1. The SMILES string of the molecule is C/N=C(/ONc1ncccc1N=N)N(C)C. The van der Waals surface area contributed by atoms with Crippen LogP contribution in [0.2, 0.25) is 0 Å². The van der Waals surface area contributed by atoms with Gasteiger partial charge in [0, 0.05) is 27.3 Å². The third-order valence-corrected chi connectivity index (χ3v) is 1.72. The molecule has 0 fully saturated rings. The first-order chi connectivity index (χ1) is 7.69. The molecule has 0 unspecified atom stereocenters. The number of rotatable bonds is 3. The van der Waals surface area contributed by atoms with Gasteiger partial charge in [-0.3, -0.25) is 0 Å². The maximum atomic E-state index is 6.95. The van der Waals surface area contributed by atoms with Crippen molar-refractivity contribution < 1.29 is 4.84 Å². The fourth-order valence-corrected chi connectivity index (χ4v) is 0.997. The summed E-state index contributed by atoms with van der Waals surface area (Å²) < 4.78 is 0. The molecule has 7 nitrogen and oxygen atoms in total. The lowest BCUT2D eigenvalue weighted by atomic mass is 10.4. The third kappa shape index (κ3) is 2.91. The average molecular weight is 222 g/mol. The molecular weight excluding hydrogens is 208 g/mol. The van der Waals surface area contributed by atoms with Gasteiger partial charge in [-0.25, -0.2) is 15.5 Å². The summed E-state index contributed by atoms with van der Waals surface area (Å²) >= 11 is 0. The van der Waals surface area contributed by atoms with Crippen LogP contribution >= 0.6 is 0 Å². The minimum atomic E-state index is 0.375. The molecule has 0 aliphatic heterocycles. The maximum absolute atomic E-state index is 6.95. The van der Waals surface area contributed by atoms with Gasteiger partial charge >= 0.3 is 6.02 Å². The van der Waals surface area contributed by atoms with Crippen LogP contribution in [0.5, 0.6) is 0 Å². The van der Waals surface area contributed by atoms with Gasteiger partial charge in [-0.2, -0.15) is 10.6 Å². The molecule has 0 saturated heterocycles. The van der Waals surface area contributed by atoms with Crippen LogP contribution in [0.3, 0.4) is 0 Å². The number of nitrogens with zero attached hydrogens (tertiary/aromatic N) is 4. The van der Waals surface area contributed by atoms with E-state index in [-0.39, 0.29) is 0 Å². The smallest absolute Gasteiger partial charge is 0.313 e. The number of anilines is 1. The molecule has 7 heteroatoms. The van der Waals surface area contributed by atoms with Crippen molar-refractivity contribution in [1.29, 1.82) is 5.53 Å². The first kappa shape index (κ1) is 11.9. The first-order valence-corrected chi connectivity index (χ1v) is 4.58. The summed E-state index contributed by atoms with van der Waals surface area (Å²) in [7, 11) is 5.22. The Balaban J connectivity index is 2.71.